The summed E-state index contributed by atoms with van der Waals surface area (Å²) in [6, 6.07) is 15.4. The van der Waals surface area contributed by atoms with Crippen LogP contribution in [0.15, 0.2) is 48.5 Å². The van der Waals surface area contributed by atoms with Crippen molar-refractivity contribution in [1.82, 2.24) is 0 Å². The normalized spacial score (nSPS) is 19.2. The van der Waals surface area contributed by atoms with Crippen molar-refractivity contribution in [3.63, 3.8) is 0 Å². The highest BCUT2D eigenvalue weighted by molar-refractivity contribution is 6.04. The number of hydrogen-bond donors (Lipinski definition) is 3. The zero-order valence-electron chi connectivity index (χ0n) is 12.2. The predicted molar refractivity (Wildman–Crippen MR) is 91.3 cm³/mol. The Bertz CT molecular complexity index is 660. The summed E-state index contributed by atoms with van der Waals surface area (Å²) >= 11 is 0. The predicted octanol–water partition coefficient (Wildman–Crippen LogP) is 2.63. The molecule has 1 fully saturated rings. The van der Waals surface area contributed by atoms with Crippen LogP contribution >= 0.6 is 12.4 Å². The van der Waals surface area contributed by atoms with E-state index >= 15 is 0 Å². The van der Waals surface area contributed by atoms with Crippen molar-refractivity contribution in [2.45, 2.75) is 24.9 Å². The molecule has 1 aliphatic carbocycles. The molecule has 0 radical (unpaired) electrons. The smallest absolute Gasteiger partial charge is 0.255 e. The van der Waals surface area contributed by atoms with E-state index in [-0.39, 0.29) is 24.4 Å². The van der Waals surface area contributed by atoms with Crippen LogP contribution in [0, 0.1) is 0 Å². The zero-order valence-corrected chi connectivity index (χ0v) is 13.0. The van der Waals surface area contributed by atoms with E-state index in [4.69, 9.17) is 11.5 Å². The molecule has 22 heavy (non-hydrogen) atoms. The average molecular weight is 318 g/mol. The molecular weight excluding hydrogens is 298 g/mol. The Kier molecular flexibility index (Phi) is 5.19. The Morgan fingerprint density at radius 2 is 1.86 bits per heavy atom. The van der Waals surface area contributed by atoms with Gasteiger partial charge in [-0.2, -0.15) is 0 Å². The van der Waals surface area contributed by atoms with Gasteiger partial charge >= 0.3 is 0 Å². The van der Waals surface area contributed by atoms with Gasteiger partial charge < -0.3 is 16.8 Å². The van der Waals surface area contributed by atoms with Crippen molar-refractivity contribution >= 4 is 24.0 Å². The lowest BCUT2D eigenvalue weighted by atomic mass is 10.0. The Morgan fingerprint density at radius 3 is 2.45 bits per heavy atom. The second-order valence-electron chi connectivity index (χ2n) is 5.45. The van der Waals surface area contributed by atoms with Crippen molar-refractivity contribution in [2.75, 3.05) is 5.32 Å². The van der Waals surface area contributed by atoms with Crippen LogP contribution in [0.1, 0.15) is 33.8 Å². The van der Waals surface area contributed by atoms with E-state index in [1.807, 2.05) is 30.3 Å². The summed E-state index contributed by atoms with van der Waals surface area (Å²) in [4.78, 5) is 12.2. The maximum atomic E-state index is 12.2. The van der Waals surface area contributed by atoms with Gasteiger partial charge in [0.15, 0.2) is 0 Å². The van der Waals surface area contributed by atoms with Crippen LogP contribution in [0.2, 0.25) is 0 Å². The molecule has 2 atom stereocenters. The first-order chi connectivity index (χ1) is 10.2. The minimum Gasteiger partial charge on any atom is -0.327 e. The lowest BCUT2D eigenvalue weighted by Gasteiger charge is -2.12. The highest BCUT2D eigenvalue weighted by Crippen LogP contribution is 2.40. The summed E-state index contributed by atoms with van der Waals surface area (Å²) in [6.45, 7) is 0.389. The van der Waals surface area contributed by atoms with E-state index in [1.165, 1.54) is 5.56 Å². The molecule has 0 bridgehead atoms. The van der Waals surface area contributed by atoms with Crippen molar-refractivity contribution in [3.8, 4) is 0 Å². The SMILES string of the molecule is Cl.NCc1cc([C@@H]2C[C@H]2N)ccc1NC(=O)c1ccccc1. The number of amides is 1. The molecule has 0 saturated heterocycles. The Morgan fingerprint density at radius 1 is 1.18 bits per heavy atom. The van der Waals surface area contributed by atoms with Crippen molar-refractivity contribution in [1.29, 1.82) is 0 Å². The Labute approximate surface area is 136 Å². The highest BCUT2D eigenvalue weighted by Gasteiger charge is 2.34. The van der Waals surface area contributed by atoms with Gasteiger partial charge in [-0.3, -0.25) is 4.79 Å². The zero-order chi connectivity index (χ0) is 14.8. The van der Waals surface area contributed by atoms with Crippen molar-refractivity contribution in [2.24, 2.45) is 11.5 Å². The van der Waals surface area contributed by atoms with Crippen LogP contribution in [0.25, 0.3) is 0 Å². The maximum absolute atomic E-state index is 12.2. The van der Waals surface area contributed by atoms with Crippen LogP contribution in [0.4, 0.5) is 5.69 Å². The minimum absolute atomic E-state index is 0. The third kappa shape index (κ3) is 3.47. The van der Waals surface area contributed by atoms with Gasteiger partial charge in [-0.1, -0.05) is 30.3 Å². The molecule has 4 nitrogen and oxygen atoms in total. The van der Waals surface area contributed by atoms with E-state index in [1.54, 1.807) is 12.1 Å². The van der Waals surface area contributed by atoms with E-state index in [2.05, 4.69) is 11.4 Å². The lowest BCUT2D eigenvalue weighted by molar-refractivity contribution is 0.102. The topological polar surface area (TPSA) is 81.1 Å². The van der Waals surface area contributed by atoms with E-state index < -0.39 is 0 Å². The number of hydrogen-bond acceptors (Lipinski definition) is 3. The van der Waals surface area contributed by atoms with Crippen molar-refractivity contribution < 1.29 is 4.79 Å². The monoisotopic (exact) mass is 317 g/mol. The molecule has 0 unspecified atom stereocenters. The molecule has 0 spiro atoms. The van der Waals surface area contributed by atoms with Crippen LogP contribution < -0.4 is 16.8 Å². The summed E-state index contributed by atoms with van der Waals surface area (Å²) < 4.78 is 0. The van der Waals surface area contributed by atoms with Crippen molar-refractivity contribution in [3.05, 3.63) is 65.2 Å². The van der Waals surface area contributed by atoms with Gasteiger partial charge in [0.05, 0.1) is 0 Å². The van der Waals surface area contributed by atoms with Gasteiger partial charge in [-0.05, 0) is 35.7 Å². The number of halogens is 1. The molecule has 5 heteroatoms. The molecule has 1 saturated carbocycles. The lowest BCUT2D eigenvalue weighted by Crippen LogP contribution is -2.14. The number of rotatable bonds is 4. The second-order valence-corrected chi connectivity index (χ2v) is 5.45. The fourth-order valence-electron chi connectivity index (χ4n) is 2.52. The van der Waals surface area contributed by atoms with Crippen LogP contribution in [-0.4, -0.2) is 11.9 Å². The average Bonchev–Trinajstić information content (AvgIpc) is 3.25. The van der Waals surface area contributed by atoms with Crippen LogP contribution in [0.5, 0.6) is 0 Å². The molecule has 3 rings (SSSR count). The largest absolute Gasteiger partial charge is 0.327 e. The molecule has 0 aliphatic heterocycles. The molecule has 5 N–H and O–H groups in total. The fourth-order valence-corrected chi connectivity index (χ4v) is 2.52. The fraction of sp³-hybridized carbons (Fsp3) is 0.235. The first-order valence-electron chi connectivity index (χ1n) is 7.14. The summed E-state index contributed by atoms with van der Waals surface area (Å²) in [7, 11) is 0. The second kappa shape index (κ2) is 6.92. The molecule has 2 aromatic carbocycles. The molecule has 2 aromatic rings. The molecule has 116 valence electrons. The maximum Gasteiger partial charge on any atom is 0.255 e. The van der Waals surface area contributed by atoms with Crippen LogP contribution in [-0.2, 0) is 6.54 Å². The first kappa shape index (κ1) is 16.5. The number of anilines is 1. The third-order valence-corrected chi connectivity index (χ3v) is 3.90. The molecule has 0 heterocycles. The van der Waals surface area contributed by atoms with Gasteiger partial charge in [0.2, 0.25) is 0 Å². The van der Waals surface area contributed by atoms with E-state index in [9.17, 15) is 4.79 Å². The Balaban J connectivity index is 0.00000176. The third-order valence-electron chi connectivity index (χ3n) is 3.90. The molecule has 1 aliphatic rings. The number of nitrogens with one attached hydrogen (secondary N) is 1. The minimum atomic E-state index is -0.124. The van der Waals surface area contributed by atoms with Crippen LogP contribution in [0.3, 0.4) is 0 Å². The number of carbonyl (C=O) groups is 1. The van der Waals surface area contributed by atoms with Gasteiger partial charge in [0.25, 0.3) is 5.91 Å². The highest BCUT2D eigenvalue weighted by atomic mass is 35.5. The summed E-state index contributed by atoms with van der Waals surface area (Å²) in [5.74, 6) is 0.315. The summed E-state index contributed by atoms with van der Waals surface area (Å²) in [6.07, 6.45) is 1.03. The summed E-state index contributed by atoms with van der Waals surface area (Å²) in [5, 5.41) is 2.93. The van der Waals surface area contributed by atoms with Gasteiger partial charge in [0.1, 0.15) is 0 Å². The van der Waals surface area contributed by atoms with E-state index in [0.29, 0.717) is 18.0 Å². The van der Waals surface area contributed by atoms with E-state index in [0.717, 1.165) is 17.7 Å². The number of benzene rings is 2. The number of nitrogens with two attached hydrogens (primary N) is 2. The first-order valence-corrected chi connectivity index (χ1v) is 7.14. The summed E-state index contributed by atoms with van der Waals surface area (Å²) in [5.41, 5.74) is 15.2. The number of carbonyl (C=O) groups excluding carboxylic acids is 1. The molecular formula is C17H20ClN3O. The molecule has 1 amide bonds. The Hall–Kier alpha value is -1.88. The van der Waals surface area contributed by atoms with Gasteiger partial charge in [-0.25, -0.2) is 0 Å². The van der Waals surface area contributed by atoms with Gasteiger partial charge in [0, 0.05) is 29.8 Å². The van der Waals surface area contributed by atoms with Gasteiger partial charge in [-0.15, -0.1) is 12.4 Å². The standard InChI is InChI=1S/C17H19N3O.ClH/c18-10-13-8-12(14-9-15(14)19)6-7-16(13)20-17(21)11-4-2-1-3-5-11;/h1-8,14-15H,9-10,18-19H2,(H,20,21);1H/t14-,15+;/m0./s1. The quantitative estimate of drug-likeness (QED) is 0.811. The molecule has 0 aromatic heterocycles.